The lowest BCUT2D eigenvalue weighted by molar-refractivity contribution is -0.148. The van der Waals surface area contributed by atoms with Crippen molar-refractivity contribution in [2.75, 3.05) is 12.3 Å². The molecule has 1 atom stereocenters. The Bertz CT molecular complexity index is 1040. The van der Waals surface area contributed by atoms with E-state index in [0.29, 0.717) is 16.3 Å². The molecule has 176 valence electrons. The van der Waals surface area contributed by atoms with Gasteiger partial charge in [0.05, 0.1) is 6.61 Å². The predicted molar refractivity (Wildman–Crippen MR) is 125 cm³/mol. The molecule has 1 unspecified atom stereocenters. The van der Waals surface area contributed by atoms with E-state index in [4.69, 9.17) is 14.9 Å². The lowest BCUT2D eigenvalue weighted by atomic mass is 9.81. The van der Waals surface area contributed by atoms with E-state index in [9.17, 15) is 14.2 Å². The number of rotatable bonds is 10. The molecule has 0 amide bonds. The van der Waals surface area contributed by atoms with E-state index in [0.717, 1.165) is 30.6 Å². The highest BCUT2D eigenvalue weighted by atomic mass is 32.1. The van der Waals surface area contributed by atoms with Gasteiger partial charge in [-0.15, -0.1) is 0 Å². The molecule has 0 aromatic carbocycles. The first-order valence-corrected chi connectivity index (χ1v) is 13.2. The molecule has 9 nitrogen and oxygen atoms in total. The molecule has 0 radical (unpaired) electrons. The third-order valence-corrected chi connectivity index (χ3v) is 8.66. The van der Waals surface area contributed by atoms with Crippen LogP contribution in [0.4, 0.5) is 5.13 Å². The number of nitrogen functional groups attached to an aromatic ring is 1. The second-order valence-electron chi connectivity index (χ2n) is 8.71. The summed E-state index contributed by atoms with van der Waals surface area (Å²) >= 11 is 1.14. The third-order valence-electron chi connectivity index (χ3n) is 5.14. The predicted octanol–water partition coefficient (Wildman–Crippen LogP) is 3.72. The van der Waals surface area contributed by atoms with Gasteiger partial charge in [0, 0.05) is 12.0 Å². The van der Waals surface area contributed by atoms with Crippen molar-refractivity contribution in [3.8, 4) is 11.5 Å². The molecule has 4 N–H and O–H groups in total. The number of hydrogen-bond donors (Lipinski definition) is 3. The monoisotopic (exact) mass is 482 g/mol. The number of carbonyl (C=O) groups is 2. The normalized spacial score (nSPS) is 16.6. The number of nitrogens with zero attached hydrogens (tertiary/aromatic N) is 1. The molecular formula is C21H31N4O5PS. The maximum absolute atomic E-state index is 13.9. The summed E-state index contributed by atoms with van der Waals surface area (Å²) in [5.74, 6) is -0.220. The number of esters is 1. The lowest BCUT2D eigenvalue weighted by Gasteiger charge is -2.30. The van der Waals surface area contributed by atoms with Crippen LogP contribution >= 0.6 is 18.8 Å². The van der Waals surface area contributed by atoms with Crippen molar-refractivity contribution in [3.05, 3.63) is 17.0 Å². The number of anilines is 1. The van der Waals surface area contributed by atoms with Crippen LogP contribution in [0.1, 0.15) is 63.6 Å². The smallest absolute Gasteiger partial charge is 0.326 e. The van der Waals surface area contributed by atoms with E-state index in [-0.39, 0.29) is 35.0 Å². The van der Waals surface area contributed by atoms with Gasteiger partial charge in [-0.2, -0.15) is 0 Å². The first-order valence-electron chi connectivity index (χ1n) is 10.7. The Morgan fingerprint density at radius 1 is 1.38 bits per heavy atom. The number of thiazole rings is 1. The Kier molecular flexibility index (Phi) is 7.29. The summed E-state index contributed by atoms with van der Waals surface area (Å²) in [4.78, 5) is 30.0. The Morgan fingerprint density at radius 2 is 2.06 bits per heavy atom. The van der Waals surface area contributed by atoms with E-state index in [1.165, 1.54) is 0 Å². The number of nitrogens with one attached hydrogen (secondary N) is 2. The first-order chi connectivity index (χ1) is 15.0. The molecule has 0 spiro atoms. The number of furan rings is 1. The zero-order valence-electron chi connectivity index (χ0n) is 19.1. The second kappa shape index (κ2) is 9.47. The topological polar surface area (TPSA) is 137 Å². The number of Topliss-reactive ketones (excluding diaryl/α,β-unsaturated/α-hetero) is 1. The third kappa shape index (κ3) is 5.14. The Balaban J connectivity index is 1.96. The number of nitrogens with two attached hydrogens (primary N) is 1. The number of hydrogen-bond acceptors (Lipinski definition) is 8. The molecule has 2 aromatic rings. The van der Waals surface area contributed by atoms with Crippen molar-refractivity contribution in [1.29, 1.82) is 0 Å². The van der Waals surface area contributed by atoms with Gasteiger partial charge in [-0.05, 0) is 59.6 Å². The fourth-order valence-corrected chi connectivity index (χ4v) is 6.69. The fourth-order valence-electron chi connectivity index (χ4n) is 3.42. The molecule has 2 aromatic heterocycles. The van der Waals surface area contributed by atoms with Crippen molar-refractivity contribution in [1.82, 2.24) is 15.2 Å². The highest BCUT2D eigenvalue weighted by Gasteiger charge is 2.41. The Hall–Kier alpha value is -2.00. The van der Waals surface area contributed by atoms with Crippen LogP contribution in [0, 0.1) is 5.92 Å². The number of aromatic nitrogens is 1. The molecule has 1 aliphatic carbocycles. The van der Waals surface area contributed by atoms with Crippen LogP contribution in [0.25, 0.3) is 11.5 Å². The molecule has 1 fully saturated rings. The van der Waals surface area contributed by atoms with Gasteiger partial charge in [-0.25, -0.2) is 15.2 Å². The molecule has 0 bridgehead atoms. The summed E-state index contributed by atoms with van der Waals surface area (Å²) in [5, 5.41) is 6.18. The summed E-state index contributed by atoms with van der Waals surface area (Å²) in [6, 6.07) is 3.01. The SMILES string of the molecule is CCOC(=O)C(C)(C)NP(=O)(NC(C)C)c1ccc(-c2nc(N)sc2C(=O)C2CCC2)o1. The molecular weight excluding hydrogens is 451 g/mol. The van der Waals surface area contributed by atoms with Crippen molar-refractivity contribution in [2.45, 2.75) is 65.5 Å². The van der Waals surface area contributed by atoms with Gasteiger partial charge in [-0.1, -0.05) is 17.8 Å². The summed E-state index contributed by atoms with van der Waals surface area (Å²) in [5.41, 5.74) is 5.14. The van der Waals surface area contributed by atoms with Crippen molar-refractivity contribution >= 4 is 41.2 Å². The average Bonchev–Trinajstić information content (AvgIpc) is 3.26. The summed E-state index contributed by atoms with van der Waals surface area (Å²) < 4.78 is 25.0. The molecule has 1 saturated carbocycles. The van der Waals surface area contributed by atoms with Gasteiger partial charge in [0.15, 0.2) is 22.2 Å². The number of ketones is 1. The van der Waals surface area contributed by atoms with Crippen LogP contribution in [-0.2, 0) is 14.1 Å². The van der Waals surface area contributed by atoms with Gasteiger partial charge in [0.25, 0.3) is 7.44 Å². The Labute approximate surface area is 192 Å². The van der Waals surface area contributed by atoms with Crippen LogP contribution in [0.3, 0.4) is 0 Å². The largest absolute Gasteiger partial charge is 0.465 e. The minimum atomic E-state index is -3.58. The van der Waals surface area contributed by atoms with Gasteiger partial charge in [0.1, 0.15) is 16.1 Å². The highest BCUT2D eigenvalue weighted by Crippen LogP contribution is 2.42. The minimum absolute atomic E-state index is 0.0104. The maximum atomic E-state index is 13.9. The van der Waals surface area contributed by atoms with Crippen molar-refractivity contribution in [3.63, 3.8) is 0 Å². The minimum Gasteiger partial charge on any atom is -0.465 e. The quantitative estimate of drug-likeness (QED) is 0.263. The van der Waals surface area contributed by atoms with E-state index in [1.54, 1.807) is 32.9 Å². The van der Waals surface area contributed by atoms with E-state index in [1.807, 2.05) is 13.8 Å². The molecule has 3 rings (SSSR count). The summed E-state index contributed by atoms with van der Waals surface area (Å²) in [6.45, 7) is 8.79. The molecule has 0 saturated heterocycles. The van der Waals surface area contributed by atoms with Crippen molar-refractivity contribution in [2.24, 2.45) is 5.92 Å². The summed E-state index contributed by atoms with van der Waals surface area (Å²) in [6.07, 6.45) is 2.76. The highest BCUT2D eigenvalue weighted by molar-refractivity contribution is 7.67. The maximum Gasteiger partial charge on any atom is 0.326 e. The molecule has 1 aliphatic rings. The second-order valence-corrected chi connectivity index (χ2v) is 11.9. The molecule has 11 heteroatoms. The van der Waals surface area contributed by atoms with E-state index >= 15 is 0 Å². The van der Waals surface area contributed by atoms with Crippen LogP contribution in [0.15, 0.2) is 16.5 Å². The number of carbonyl (C=O) groups excluding carboxylic acids is 2. The van der Waals surface area contributed by atoms with E-state index in [2.05, 4.69) is 15.2 Å². The summed E-state index contributed by atoms with van der Waals surface area (Å²) in [7, 11) is -3.58. The van der Waals surface area contributed by atoms with Crippen LogP contribution in [-0.4, -0.2) is 34.9 Å². The lowest BCUT2D eigenvalue weighted by Crippen LogP contribution is -2.50. The first kappa shape index (κ1) is 24.6. The molecule has 0 aliphatic heterocycles. The van der Waals surface area contributed by atoms with Crippen LogP contribution in [0.2, 0.25) is 0 Å². The fraction of sp³-hybridized carbons (Fsp3) is 0.571. The molecule has 32 heavy (non-hydrogen) atoms. The van der Waals surface area contributed by atoms with Gasteiger partial charge < -0.3 is 14.9 Å². The van der Waals surface area contributed by atoms with Crippen LogP contribution < -0.4 is 21.4 Å². The van der Waals surface area contributed by atoms with Crippen molar-refractivity contribution < 1.29 is 23.3 Å². The van der Waals surface area contributed by atoms with Gasteiger partial charge >= 0.3 is 5.97 Å². The van der Waals surface area contributed by atoms with Gasteiger partial charge in [-0.3, -0.25) is 14.2 Å². The average molecular weight is 483 g/mol. The zero-order chi connectivity index (χ0) is 23.7. The zero-order valence-corrected chi connectivity index (χ0v) is 20.8. The van der Waals surface area contributed by atoms with E-state index < -0.39 is 19.0 Å². The molecule has 2 heterocycles. The Morgan fingerprint density at radius 3 is 2.62 bits per heavy atom. The van der Waals surface area contributed by atoms with Crippen LogP contribution in [0.5, 0.6) is 0 Å². The number of ether oxygens (including phenoxy) is 1. The standard InChI is InChI=1S/C21H31N4O5PS/c1-6-29-19(27)21(4,5)25-31(28,24-12(2)3)15-11-10-14(30-15)16-18(32-20(22)23-16)17(26)13-8-7-9-13/h10-13H,6-9H2,1-5H3,(H2,22,23)(H2,24,25,28). The van der Waals surface area contributed by atoms with Gasteiger partial charge in [0.2, 0.25) is 0 Å².